The van der Waals surface area contributed by atoms with Gasteiger partial charge in [0.05, 0.1) is 21.3 Å². The maximum atomic E-state index is 13.1. The van der Waals surface area contributed by atoms with Crippen molar-refractivity contribution >= 4 is 45.4 Å². The highest BCUT2D eigenvalue weighted by Gasteiger charge is 2.30. The average Bonchev–Trinajstić information content (AvgIpc) is 2.92. The number of nitrogens with zero attached hydrogens (tertiary/aromatic N) is 1. The van der Waals surface area contributed by atoms with Gasteiger partial charge in [0, 0.05) is 5.41 Å². The summed E-state index contributed by atoms with van der Waals surface area (Å²) in [4.78, 5) is 39.2. The van der Waals surface area contributed by atoms with Crippen LogP contribution in [0.4, 0.5) is 16.4 Å². The number of fused-ring (bicyclic) bond motifs is 1. The summed E-state index contributed by atoms with van der Waals surface area (Å²) in [6, 6.07) is 8.99. The van der Waals surface area contributed by atoms with Gasteiger partial charge >= 0.3 is 0 Å². The molecule has 0 fully saturated rings. The van der Waals surface area contributed by atoms with Crippen LogP contribution in [0.15, 0.2) is 30.3 Å². The molecule has 1 aliphatic rings. The monoisotopic (exact) mass is 371 g/mol. The van der Waals surface area contributed by atoms with Crippen molar-refractivity contribution in [2.75, 3.05) is 22.1 Å². The molecule has 0 bridgehead atoms. The molecule has 1 aromatic carbocycles. The highest BCUT2D eigenvalue weighted by molar-refractivity contribution is 7.18. The minimum absolute atomic E-state index is 0.0309. The minimum Gasteiger partial charge on any atom is -0.323 e. The van der Waals surface area contributed by atoms with E-state index >= 15 is 0 Å². The van der Waals surface area contributed by atoms with Crippen LogP contribution in [0.1, 0.15) is 36.0 Å². The lowest BCUT2D eigenvalue weighted by Gasteiger charge is -2.28. The van der Waals surface area contributed by atoms with Gasteiger partial charge in [-0.3, -0.25) is 19.3 Å². The molecule has 3 amide bonds. The van der Waals surface area contributed by atoms with E-state index in [1.807, 2.05) is 39.8 Å². The number of amides is 3. The highest BCUT2D eigenvalue weighted by atomic mass is 32.1. The number of carbonyl (C=O) groups excluding carboxylic acids is 3. The molecule has 0 aliphatic carbocycles. The molecule has 1 aliphatic heterocycles. The summed E-state index contributed by atoms with van der Waals surface area (Å²) >= 11 is 1.23. The van der Waals surface area contributed by atoms with E-state index in [4.69, 9.17) is 0 Å². The predicted molar refractivity (Wildman–Crippen MR) is 104 cm³/mol. The second kappa shape index (κ2) is 6.57. The topological polar surface area (TPSA) is 78.5 Å². The summed E-state index contributed by atoms with van der Waals surface area (Å²) in [6.07, 6.45) is 0. The molecule has 0 atom stereocenters. The smallest absolute Gasteiger partial charge is 0.269 e. The third-order valence-corrected chi connectivity index (χ3v) is 5.19. The third-order valence-electron chi connectivity index (χ3n) is 4.05. The Hall–Kier alpha value is -2.67. The van der Waals surface area contributed by atoms with Gasteiger partial charge in [-0.15, -0.1) is 11.3 Å². The molecular formula is C19H21N3O3S. The Kier molecular flexibility index (Phi) is 4.58. The van der Waals surface area contributed by atoms with Crippen molar-refractivity contribution in [3.63, 3.8) is 0 Å². The van der Waals surface area contributed by atoms with Crippen molar-refractivity contribution in [1.29, 1.82) is 0 Å². The van der Waals surface area contributed by atoms with E-state index in [1.165, 1.54) is 16.2 Å². The SMILES string of the molecule is Cc1cc(NC(=O)C(C)(C)C)sc1C(=O)N1CC(=O)Nc2ccccc21. The van der Waals surface area contributed by atoms with E-state index < -0.39 is 5.41 Å². The van der Waals surface area contributed by atoms with Gasteiger partial charge in [-0.05, 0) is 30.7 Å². The van der Waals surface area contributed by atoms with Crippen LogP contribution >= 0.6 is 11.3 Å². The van der Waals surface area contributed by atoms with Gasteiger partial charge in [0.2, 0.25) is 11.8 Å². The third kappa shape index (κ3) is 3.48. The molecule has 0 radical (unpaired) electrons. The molecule has 0 spiro atoms. The van der Waals surface area contributed by atoms with Crippen molar-refractivity contribution in [3.8, 4) is 0 Å². The lowest BCUT2D eigenvalue weighted by Crippen LogP contribution is -2.42. The zero-order valence-corrected chi connectivity index (χ0v) is 16.0. The van der Waals surface area contributed by atoms with Gasteiger partial charge < -0.3 is 10.6 Å². The Morgan fingerprint density at radius 3 is 2.62 bits per heavy atom. The van der Waals surface area contributed by atoms with Crippen LogP contribution in [-0.4, -0.2) is 24.3 Å². The van der Waals surface area contributed by atoms with E-state index in [0.29, 0.717) is 21.3 Å². The number of rotatable bonds is 2. The molecule has 2 aromatic rings. The van der Waals surface area contributed by atoms with E-state index in [0.717, 1.165) is 5.56 Å². The molecule has 2 N–H and O–H groups in total. The van der Waals surface area contributed by atoms with Crippen molar-refractivity contribution in [3.05, 3.63) is 40.8 Å². The van der Waals surface area contributed by atoms with Crippen LogP contribution in [0.3, 0.4) is 0 Å². The lowest BCUT2D eigenvalue weighted by atomic mass is 9.96. The average molecular weight is 371 g/mol. The molecular weight excluding hydrogens is 350 g/mol. The number of para-hydroxylation sites is 2. The van der Waals surface area contributed by atoms with Crippen molar-refractivity contribution < 1.29 is 14.4 Å². The number of thiophene rings is 1. The summed E-state index contributed by atoms with van der Waals surface area (Å²) in [5, 5.41) is 6.26. The molecule has 2 heterocycles. The standard InChI is InChI=1S/C19H21N3O3S/c1-11-9-15(21-18(25)19(2,3)4)26-16(11)17(24)22-10-14(23)20-12-7-5-6-8-13(12)22/h5-9H,10H2,1-4H3,(H,20,23)(H,21,25). The number of nitrogens with one attached hydrogen (secondary N) is 2. The number of hydrogen-bond acceptors (Lipinski definition) is 4. The Labute approximate surface area is 156 Å². The fourth-order valence-electron chi connectivity index (χ4n) is 2.59. The van der Waals surface area contributed by atoms with Crippen LogP contribution in [-0.2, 0) is 9.59 Å². The molecule has 1 aromatic heterocycles. The fraction of sp³-hybridized carbons (Fsp3) is 0.316. The second-order valence-electron chi connectivity index (χ2n) is 7.28. The molecule has 6 nitrogen and oxygen atoms in total. The van der Waals surface area contributed by atoms with E-state index in [2.05, 4.69) is 10.6 Å². The van der Waals surface area contributed by atoms with Gasteiger partial charge in [0.25, 0.3) is 5.91 Å². The summed E-state index contributed by atoms with van der Waals surface area (Å²) in [5.74, 6) is -0.584. The Morgan fingerprint density at radius 2 is 1.92 bits per heavy atom. The maximum Gasteiger partial charge on any atom is 0.269 e. The van der Waals surface area contributed by atoms with Gasteiger partial charge in [-0.1, -0.05) is 32.9 Å². The predicted octanol–water partition coefficient (Wildman–Crippen LogP) is 3.64. The Bertz CT molecular complexity index is 896. The molecule has 0 unspecified atom stereocenters. The van der Waals surface area contributed by atoms with E-state index in [-0.39, 0.29) is 24.3 Å². The first-order chi connectivity index (χ1) is 12.2. The van der Waals surface area contributed by atoms with E-state index in [9.17, 15) is 14.4 Å². The van der Waals surface area contributed by atoms with Crippen LogP contribution < -0.4 is 15.5 Å². The Morgan fingerprint density at radius 1 is 1.23 bits per heavy atom. The summed E-state index contributed by atoms with van der Waals surface area (Å²) in [7, 11) is 0. The highest BCUT2D eigenvalue weighted by Crippen LogP contribution is 2.34. The number of carbonyl (C=O) groups is 3. The van der Waals surface area contributed by atoms with Crippen LogP contribution in [0.2, 0.25) is 0 Å². The molecule has 3 rings (SSSR count). The lowest BCUT2D eigenvalue weighted by molar-refractivity contribution is -0.123. The van der Waals surface area contributed by atoms with Crippen molar-refractivity contribution in [2.45, 2.75) is 27.7 Å². The molecule has 0 saturated heterocycles. The first kappa shape index (κ1) is 18.1. The molecule has 26 heavy (non-hydrogen) atoms. The van der Waals surface area contributed by atoms with Gasteiger partial charge in [-0.25, -0.2) is 0 Å². The van der Waals surface area contributed by atoms with Gasteiger partial charge in [0.15, 0.2) is 0 Å². The number of hydrogen-bond donors (Lipinski definition) is 2. The van der Waals surface area contributed by atoms with Gasteiger partial charge in [-0.2, -0.15) is 0 Å². The zero-order valence-electron chi connectivity index (χ0n) is 15.2. The number of aryl methyl sites for hydroxylation is 1. The molecule has 7 heteroatoms. The van der Waals surface area contributed by atoms with Gasteiger partial charge in [0.1, 0.15) is 6.54 Å². The quantitative estimate of drug-likeness (QED) is 0.846. The van der Waals surface area contributed by atoms with Crippen molar-refractivity contribution in [1.82, 2.24) is 0 Å². The van der Waals surface area contributed by atoms with E-state index in [1.54, 1.807) is 18.2 Å². The first-order valence-electron chi connectivity index (χ1n) is 8.29. The summed E-state index contributed by atoms with van der Waals surface area (Å²) in [5.41, 5.74) is 1.54. The van der Waals surface area contributed by atoms with Crippen LogP contribution in [0.25, 0.3) is 0 Å². The normalized spacial score (nSPS) is 13.8. The summed E-state index contributed by atoms with van der Waals surface area (Å²) in [6.45, 7) is 7.29. The fourth-order valence-corrected chi connectivity index (χ4v) is 3.61. The van der Waals surface area contributed by atoms with Crippen molar-refractivity contribution in [2.24, 2.45) is 5.41 Å². The maximum absolute atomic E-state index is 13.1. The Balaban J connectivity index is 1.90. The molecule has 0 saturated carbocycles. The zero-order chi connectivity index (χ0) is 19.1. The molecule has 136 valence electrons. The number of anilines is 3. The second-order valence-corrected chi connectivity index (χ2v) is 8.34. The largest absolute Gasteiger partial charge is 0.323 e. The van der Waals surface area contributed by atoms with Crippen LogP contribution in [0.5, 0.6) is 0 Å². The number of benzene rings is 1. The summed E-state index contributed by atoms with van der Waals surface area (Å²) < 4.78 is 0. The minimum atomic E-state index is -0.522. The first-order valence-corrected chi connectivity index (χ1v) is 9.11. The van der Waals surface area contributed by atoms with Crippen LogP contribution in [0, 0.1) is 12.3 Å².